The largest absolute Gasteiger partial charge is 0.481 e. The van der Waals surface area contributed by atoms with Gasteiger partial charge >= 0.3 is 5.97 Å². The third-order valence-corrected chi connectivity index (χ3v) is 4.15. The van der Waals surface area contributed by atoms with E-state index < -0.39 is 5.97 Å². The zero-order valence-corrected chi connectivity index (χ0v) is 13.6. The maximum atomic E-state index is 10.7. The first-order chi connectivity index (χ1) is 9.75. The third-order valence-electron chi connectivity index (χ3n) is 4.15. The molecule has 0 amide bonds. The standard InChI is InChI=1S/C16H27N3O2/c1-16(2,3)15-13(10-18(4)17-15)11-19-8-7-12(9-19)5-6-14(20)21/h10,12H,5-9,11H2,1-4H3,(H,20,21). The molecule has 1 unspecified atom stereocenters. The smallest absolute Gasteiger partial charge is 0.303 e. The molecular weight excluding hydrogens is 266 g/mol. The Morgan fingerprint density at radius 2 is 2.19 bits per heavy atom. The predicted octanol–water partition coefficient (Wildman–Crippen LogP) is 2.40. The topological polar surface area (TPSA) is 58.4 Å². The Morgan fingerprint density at radius 3 is 2.81 bits per heavy atom. The van der Waals surface area contributed by atoms with Crippen molar-refractivity contribution in [2.75, 3.05) is 13.1 Å². The molecule has 1 aliphatic rings. The van der Waals surface area contributed by atoms with Crippen LogP contribution in [0.1, 0.15) is 51.3 Å². The minimum absolute atomic E-state index is 0.0546. The highest BCUT2D eigenvalue weighted by Crippen LogP contribution is 2.28. The average Bonchev–Trinajstić information content (AvgIpc) is 2.93. The van der Waals surface area contributed by atoms with E-state index >= 15 is 0 Å². The summed E-state index contributed by atoms with van der Waals surface area (Å²) in [5.74, 6) is -0.161. The molecule has 1 aliphatic heterocycles. The van der Waals surface area contributed by atoms with Gasteiger partial charge in [-0.15, -0.1) is 0 Å². The number of aromatic nitrogens is 2. The van der Waals surface area contributed by atoms with Crippen LogP contribution in [0.25, 0.3) is 0 Å². The summed E-state index contributed by atoms with van der Waals surface area (Å²) in [6.45, 7) is 9.56. The summed E-state index contributed by atoms with van der Waals surface area (Å²) in [7, 11) is 1.97. The van der Waals surface area contributed by atoms with Gasteiger partial charge in [-0.3, -0.25) is 14.4 Å². The number of hydrogen-bond acceptors (Lipinski definition) is 3. The lowest BCUT2D eigenvalue weighted by molar-refractivity contribution is -0.137. The maximum absolute atomic E-state index is 10.7. The second-order valence-corrected chi connectivity index (χ2v) is 7.25. The lowest BCUT2D eigenvalue weighted by Crippen LogP contribution is -2.23. The molecule has 1 fully saturated rings. The molecule has 0 bridgehead atoms. The highest BCUT2D eigenvalue weighted by atomic mass is 16.4. The molecule has 0 aromatic carbocycles. The number of carboxylic acid groups (broad SMARTS) is 1. The van der Waals surface area contributed by atoms with Crippen molar-refractivity contribution in [3.63, 3.8) is 0 Å². The van der Waals surface area contributed by atoms with Gasteiger partial charge in [-0.1, -0.05) is 20.8 Å². The summed E-state index contributed by atoms with van der Waals surface area (Å²) >= 11 is 0. The van der Waals surface area contributed by atoms with Crippen LogP contribution >= 0.6 is 0 Å². The van der Waals surface area contributed by atoms with E-state index in [0.29, 0.717) is 12.3 Å². The summed E-state index contributed by atoms with van der Waals surface area (Å²) in [5.41, 5.74) is 2.52. The van der Waals surface area contributed by atoms with Crippen LogP contribution in [0.3, 0.4) is 0 Å². The Hall–Kier alpha value is -1.36. The van der Waals surface area contributed by atoms with E-state index in [2.05, 4.69) is 37.0 Å². The number of likely N-dealkylation sites (tertiary alicyclic amines) is 1. The van der Waals surface area contributed by atoms with E-state index in [1.165, 1.54) is 11.3 Å². The van der Waals surface area contributed by atoms with Crippen LogP contribution in [-0.2, 0) is 23.8 Å². The molecule has 118 valence electrons. The number of carboxylic acids is 1. The van der Waals surface area contributed by atoms with Gasteiger partial charge in [0.2, 0.25) is 0 Å². The second kappa shape index (κ2) is 6.18. The van der Waals surface area contributed by atoms with Crippen molar-refractivity contribution in [2.24, 2.45) is 13.0 Å². The zero-order chi connectivity index (χ0) is 15.6. The van der Waals surface area contributed by atoms with Crippen LogP contribution in [-0.4, -0.2) is 38.8 Å². The van der Waals surface area contributed by atoms with Gasteiger partial charge in [0.05, 0.1) is 5.69 Å². The fourth-order valence-corrected chi connectivity index (χ4v) is 3.15. The van der Waals surface area contributed by atoms with Crippen molar-refractivity contribution in [3.8, 4) is 0 Å². The van der Waals surface area contributed by atoms with Gasteiger partial charge in [0, 0.05) is 43.7 Å². The lowest BCUT2D eigenvalue weighted by atomic mass is 9.89. The second-order valence-electron chi connectivity index (χ2n) is 7.25. The highest BCUT2D eigenvalue weighted by Gasteiger charge is 2.27. The van der Waals surface area contributed by atoms with Gasteiger partial charge in [-0.05, 0) is 25.3 Å². The summed E-state index contributed by atoms with van der Waals surface area (Å²) in [6, 6.07) is 0. The van der Waals surface area contributed by atoms with Crippen molar-refractivity contribution < 1.29 is 9.90 Å². The third kappa shape index (κ3) is 4.30. The molecule has 5 heteroatoms. The monoisotopic (exact) mass is 293 g/mol. The Labute approximate surface area is 126 Å². The molecule has 21 heavy (non-hydrogen) atoms. The summed E-state index contributed by atoms with van der Waals surface area (Å²) in [5, 5.41) is 13.4. The van der Waals surface area contributed by atoms with Crippen molar-refractivity contribution in [1.29, 1.82) is 0 Å². The molecule has 0 aliphatic carbocycles. The fraction of sp³-hybridized carbons (Fsp3) is 0.750. The molecule has 0 radical (unpaired) electrons. The number of aryl methyl sites for hydroxylation is 1. The van der Waals surface area contributed by atoms with Gasteiger partial charge in [0.1, 0.15) is 0 Å². The quantitative estimate of drug-likeness (QED) is 0.905. The Balaban J connectivity index is 1.96. The molecule has 2 rings (SSSR count). The van der Waals surface area contributed by atoms with Crippen molar-refractivity contribution in [2.45, 2.75) is 52.0 Å². The molecule has 1 N–H and O–H groups in total. The highest BCUT2D eigenvalue weighted by molar-refractivity contribution is 5.66. The summed E-state index contributed by atoms with van der Waals surface area (Å²) in [4.78, 5) is 13.1. The van der Waals surface area contributed by atoms with Crippen LogP contribution in [0, 0.1) is 5.92 Å². The predicted molar refractivity (Wildman–Crippen MR) is 82.2 cm³/mol. The van der Waals surface area contributed by atoms with E-state index in [0.717, 1.165) is 32.5 Å². The molecule has 1 atom stereocenters. The zero-order valence-electron chi connectivity index (χ0n) is 13.6. The maximum Gasteiger partial charge on any atom is 0.303 e. The minimum Gasteiger partial charge on any atom is -0.481 e. The van der Waals surface area contributed by atoms with Crippen LogP contribution < -0.4 is 0 Å². The minimum atomic E-state index is -0.685. The fourth-order valence-electron chi connectivity index (χ4n) is 3.15. The van der Waals surface area contributed by atoms with Crippen molar-refractivity contribution in [3.05, 3.63) is 17.5 Å². The van der Waals surface area contributed by atoms with Gasteiger partial charge in [-0.2, -0.15) is 5.10 Å². The summed E-state index contributed by atoms with van der Waals surface area (Å²) in [6.07, 6.45) is 4.31. The normalized spacial score (nSPS) is 20.1. The molecule has 1 aromatic rings. The van der Waals surface area contributed by atoms with Crippen molar-refractivity contribution >= 4 is 5.97 Å². The first kappa shape index (κ1) is 16.0. The van der Waals surface area contributed by atoms with E-state index in [4.69, 9.17) is 5.11 Å². The first-order valence-electron chi connectivity index (χ1n) is 7.73. The van der Waals surface area contributed by atoms with E-state index in [-0.39, 0.29) is 5.41 Å². The van der Waals surface area contributed by atoms with E-state index in [1.54, 1.807) is 0 Å². The van der Waals surface area contributed by atoms with Crippen LogP contribution in [0.4, 0.5) is 0 Å². The Bertz CT molecular complexity index is 502. The van der Waals surface area contributed by atoms with Gasteiger partial charge in [0.15, 0.2) is 0 Å². The molecular formula is C16H27N3O2. The Morgan fingerprint density at radius 1 is 1.48 bits per heavy atom. The number of aliphatic carboxylic acids is 1. The average molecular weight is 293 g/mol. The molecule has 2 heterocycles. The molecule has 0 spiro atoms. The van der Waals surface area contributed by atoms with Crippen LogP contribution in [0.2, 0.25) is 0 Å². The van der Waals surface area contributed by atoms with Gasteiger partial charge in [0.25, 0.3) is 0 Å². The van der Waals surface area contributed by atoms with Crippen LogP contribution in [0.5, 0.6) is 0 Å². The van der Waals surface area contributed by atoms with Crippen molar-refractivity contribution in [1.82, 2.24) is 14.7 Å². The number of carbonyl (C=O) groups is 1. The molecule has 5 nitrogen and oxygen atoms in total. The molecule has 1 aromatic heterocycles. The SMILES string of the molecule is Cn1cc(CN2CCC(CCC(=O)O)C2)c(C(C)(C)C)n1. The molecule has 1 saturated heterocycles. The number of nitrogens with zero attached hydrogens (tertiary/aromatic N) is 3. The van der Waals surface area contributed by atoms with Crippen LogP contribution in [0.15, 0.2) is 6.20 Å². The van der Waals surface area contributed by atoms with Gasteiger partial charge < -0.3 is 5.11 Å². The number of rotatable bonds is 5. The lowest BCUT2D eigenvalue weighted by Gasteiger charge is -2.21. The van der Waals surface area contributed by atoms with Gasteiger partial charge in [-0.25, -0.2) is 0 Å². The Kier molecular flexibility index (Phi) is 4.71. The number of hydrogen-bond donors (Lipinski definition) is 1. The van der Waals surface area contributed by atoms with E-state index in [1.807, 2.05) is 11.7 Å². The van der Waals surface area contributed by atoms with E-state index in [9.17, 15) is 4.79 Å². The molecule has 0 saturated carbocycles. The summed E-state index contributed by atoms with van der Waals surface area (Å²) < 4.78 is 1.90. The first-order valence-corrected chi connectivity index (χ1v) is 7.73.